The van der Waals surface area contributed by atoms with Crippen molar-refractivity contribution in [1.82, 2.24) is 9.97 Å². The Morgan fingerprint density at radius 3 is 2.67 bits per heavy atom. The van der Waals surface area contributed by atoms with Crippen molar-refractivity contribution in [3.05, 3.63) is 67.0 Å². The van der Waals surface area contributed by atoms with E-state index in [1.54, 1.807) is 43.7 Å². The van der Waals surface area contributed by atoms with Crippen LogP contribution in [0.2, 0.25) is 0 Å². The van der Waals surface area contributed by atoms with Crippen LogP contribution in [0.3, 0.4) is 0 Å². The molecule has 6 nitrogen and oxygen atoms in total. The normalized spacial score (nSPS) is 10.4. The number of imidazole rings is 1. The lowest BCUT2D eigenvalue weighted by molar-refractivity contribution is -0.113. The number of amides is 2. The summed E-state index contributed by atoms with van der Waals surface area (Å²) in [5.41, 5.74) is 3.57. The number of hydrogen-bond donors (Lipinski definition) is 2. The molecule has 0 aliphatic heterocycles. The molecule has 120 valence electrons. The molecule has 2 N–H and O–H groups in total. The number of aromatic nitrogens is 2. The standard InChI is InChI=1S/C18H16N4O2/c1-3-17(23)22(2)14-7-4-12(5-8-14)18(24)21-13-6-9-15-16(10-13)20-11-19-15/h3-11H,1H2,2H3,(H,19,20)(H,21,24). The van der Waals surface area contributed by atoms with Gasteiger partial charge >= 0.3 is 0 Å². The summed E-state index contributed by atoms with van der Waals surface area (Å²) in [4.78, 5) is 32.5. The van der Waals surface area contributed by atoms with Gasteiger partial charge in [-0.05, 0) is 48.5 Å². The van der Waals surface area contributed by atoms with Crippen molar-refractivity contribution in [3.8, 4) is 0 Å². The molecule has 2 aromatic carbocycles. The summed E-state index contributed by atoms with van der Waals surface area (Å²) in [7, 11) is 1.65. The summed E-state index contributed by atoms with van der Waals surface area (Å²) < 4.78 is 0. The van der Waals surface area contributed by atoms with E-state index in [0.717, 1.165) is 11.0 Å². The zero-order chi connectivity index (χ0) is 17.1. The Morgan fingerprint density at radius 1 is 1.21 bits per heavy atom. The van der Waals surface area contributed by atoms with Crippen LogP contribution in [0.15, 0.2) is 61.4 Å². The summed E-state index contributed by atoms with van der Waals surface area (Å²) in [6.45, 7) is 3.46. The van der Waals surface area contributed by atoms with Crippen molar-refractivity contribution in [1.29, 1.82) is 0 Å². The highest BCUT2D eigenvalue weighted by atomic mass is 16.2. The quantitative estimate of drug-likeness (QED) is 0.725. The van der Waals surface area contributed by atoms with Crippen molar-refractivity contribution in [2.24, 2.45) is 0 Å². The van der Waals surface area contributed by atoms with Crippen LogP contribution in [0.1, 0.15) is 10.4 Å². The lowest BCUT2D eigenvalue weighted by atomic mass is 10.1. The number of aromatic amines is 1. The smallest absolute Gasteiger partial charge is 0.255 e. The first-order chi connectivity index (χ1) is 11.6. The van der Waals surface area contributed by atoms with Crippen LogP contribution in [0.5, 0.6) is 0 Å². The molecular formula is C18H16N4O2. The molecule has 0 aliphatic rings. The predicted molar refractivity (Wildman–Crippen MR) is 94.1 cm³/mol. The van der Waals surface area contributed by atoms with Crippen molar-refractivity contribution in [2.45, 2.75) is 0 Å². The first-order valence-electron chi connectivity index (χ1n) is 7.33. The monoisotopic (exact) mass is 320 g/mol. The molecule has 1 heterocycles. The van der Waals surface area contributed by atoms with E-state index in [2.05, 4.69) is 21.9 Å². The van der Waals surface area contributed by atoms with Gasteiger partial charge in [-0.3, -0.25) is 9.59 Å². The number of benzene rings is 2. The van der Waals surface area contributed by atoms with Gasteiger partial charge in [0.1, 0.15) is 0 Å². The molecule has 0 saturated carbocycles. The van der Waals surface area contributed by atoms with Gasteiger partial charge in [0.2, 0.25) is 5.91 Å². The zero-order valence-electron chi connectivity index (χ0n) is 13.1. The largest absolute Gasteiger partial charge is 0.345 e. The molecule has 0 bridgehead atoms. The minimum atomic E-state index is -0.224. The van der Waals surface area contributed by atoms with Crippen molar-refractivity contribution in [2.75, 3.05) is 17.3 Å². The van der Waals surface area contributed by atoms with Gasteiger partial charge in [-0.25, -0.2) is 4.98 Å². The van der Waals surface area contributed by atoms with Crippen LogP contribution < -0.4 is 10.2 Å². The molecule has 1 aromatic heterocycles. The maximum atomic E-state index is 12.3. The third-order valence-electron chi connectivity index (χ3n) is 3.70. The van der Waals surface area contributed by atoms with Crippen molar-refractivity contribution >= 4 is 34.2 Å². The minimum Gasteiger partial charge on any atom is -0.345 e. The molecule has 3 rings (SSSR count). The molecule has 0 unspecified atom stereocenters. The number of H-pyrrole nitrogens is 1. The topological polar surface area (TPSA) is 78.1 Å². The number of carbonyl (C=O) groups is 2. The lowest BCUT2D eigenvalue weighted by Gasteiger charge is -2.15. The Bertz CT molecular complexity index is 912. The van der Waals surface area contributed by atoms with Gasteiger partial charge in [0, 0.05) is 24.0 Å². The minimum absolute atomic E-state index is 0.208. The molecular weight excluding hydrogens is 304 g/mol. The van der Waals surface area contributed by atoms with Gasteiger partial charge in [0.25, 0.3) is 5.91 Å². The van der Waals surface area contributed by atoms with Gasteiger partial charge < -0.3 is 15.2 Å². The van der Waals surface area contributed by atoms with Crippen LogP contribution >= 0.6 is 0 Å². The van der Waals surface area contributed by atoms with E-state index in [4.69, 9.17) is 0 Å². The summed E-state index contributed by atoms with van der Waals surface area (Å²) >= 11 is 0. The predicted octanol–water partition coefficient (Wildman–Crippen LogP) is 2.96. The van der Waals surface area contributed by atoms with Gasteiger partial charge in [-0.1, -0.05) is 6.58 Å². The Kier molecular flexibility index (Phi) is 4.11. The molecule has 3 aromatic rings. The first-order valence-corrected chi connectivity index (χ1v) is 7.33. The highest BCUT2D eigenvalue weighted by molar-refractivity contribution is 6.05. The van der Waals surface area contributed by atoms with E-state index in [0.29, 0.717) is 16.9 Å². The second kappa shape index (κ2) is 6.37. The fourth-order valence-corrected chi connectivity index (χ4v) is 2.32. The fourth-order valence-electron chi connectivity index (χ4n) is 2.32. The Labute approximate surface area is 138 Å². The molecule has 6 heteroatoms. The fraction of sp³-hybridized carbons (Fsp3) is 0.0556. The van der Waals surface area contributed by atoms with Crippen LogP contribution in [-0.4, -0.2) is 28.8 Å². The van der Waals surface area contributed by atoms with Gasteiger partial charge in [-0.2, -0.15) is 0 Å². The third kappa shape index (κ3) is 3.03. The summed E-state index contributed by atoms with van der Waals surface area (Å²) in [5, 5.41) is 2.84. The highest BCUT2D eigenvalue weighted by Crippen LogP contribution is 2.18. The second-order valence-electron chi connectivity index (χ2n) is 5.24. The van der Waals surface area contributed by atoms with E-state index in [1.165, 1.54) is 11.0 Å². The lowest BCUT2D eigenvalue weighted by Crippen LogP contribution is -2.23. The van der Waals surface area contributed by atoms with Crippen LogP contribution in [0.4, 0.5) is 11.4 Å². The van der Waals surface area contributed by atoms with Crippen molar-refractivity contribution < 1.29 is 9.59 Å². The van der Waals surface area contributed by atoms with Gasteiger partial charge in [0.15, 0.2) is 0 Å². The number of nitrogens with one attached hydrogen (secondary N) is 2. The van der Waals surface area contributed by atoms with Crippen LogP contribution in [0.25, 0.3) is 11.0 Å². The zero-order valence-corrected chi connectivity index (χ0v) is 13.1. The summed E-state index contributed by atoms with van der Waals surface area (Å²) in [6.07, 6.45) is 2.85. The van der Waals surface area contributed by atoms with E-state index < -0.39 is 0 Å². The third-order valence-corrected chi connectivity index (χ3v) is 3.70. The second-order valence-corrected chi connectivity index (χ2v) is 5.24. The SMILES string of the molecule is C=CC(=O)N(C)c1ccc(C(=O)Nc2ccc3nc[nH]c3c2)cc1. The first kappa shape index (κ1) is 15.5. The maximum Gasteiger partial charge on any atom is 0.255 e. The average molecular weight is 320 g/mol. The number of carbonyl (C=O) groups excluding carboxylic acids is 2. The number of fused-ring (bicyclic) bond motifs is 1. The van der Waals surface area contributed by atoms with E-state index >= 15 is 0 Å². The number of hydrogen-bond acceptors (Lipinski definition) is 3. The van der Waals surface area contributed by atoms with E-state index in [-0.39, 0.29) is 11.8 Å². The van der Waals surface area contributed by atoms with Crippen molar-refractivity contribution in [3.63, 3.8) is 0 Å². The average Bonchev–Trinajstić information content (AvgIpc) is 3.08. The number of anilines is 2. The van der Waals surface area contributed by atoms with E-state index in [1.807, 2.05) is 12.1 Å². The molecule has 0 atom stereocenters. The maximum absolute atomic E-state index is 12.3. The number of nitrogens with zero attached hydrogens (tertiary/aromatic N) is 2. The molecule has 0 aliphatic carbocycles. The molecule has 0 spiro atoms. The molecule has 0 radical (unpaired) electrons. The Hall–Kier alpha value is -3.41. The van der Waals surface area contributed by atoms with Crippen LogP contribution in [-0.2, 0) is 4.79 Å². The number of rotatable bonds is 4. The molecule has 0 fully saturated rings. The van der Waals surface area contributed by atoms with Gasteiger partial charge in [-0.15, -0.1) is 0 Å². The summed E-state index contributed by atoms with van der Waals surface area (Å²) in [6, 6.07) is 12.2. The Balaban J connectivity index is 1.75. The number of likely N-dealkylation sites (N-methyl/N-ethyl adjacent to an activating group) is 1. The van der Waals surface area contributed by atoms with Gasteiger partial charge in [0.05, 0.1) is 17.4 Å². The molecule has 0 saturated heterocycles. The summed E-state index contributed by atoms with van der Waals surface area (Å²) in [5.74, 6) is -0.432. The van der Waals surface area contributed by atoms with Crippen LogP contribution in [0, 0.1) is 0 Å². The van der Waals surface area contributed by atoms with E-state index in [9.17, 15) is 9.59 Å². The molecule has 24 heavy (non-hydrogen) atoms. The highest BCUT2D eigenvalue weighted by Gasteiger charge is 2.10. The molecule has 2 amide bonds. The Morgan fingerprint density at radius 2 is 1.96 bits per heavy atom.